The molecule has 0 spiro atoms. The molecule has 0 bridgehead atoms. The van der Waals surface area contributed by atoms with Crippen LogP contribution >= 0.6 is 15.9 Å². The van der Waals surface area contributed by atoms with Gasteiger partial charge >= 0.3 is 6.03 Å². The number of piperidine rings is 1. The third-order valence-electron chi connectivity index (χ3n) is 8.86. The summed E-state index contributed by atoms with van der Waals surface area (Å²) in [5, 5.41) is 10.1. The lowest BCUT2D eigenvalue weighted by Gasteiger charge is -2.37. The molecule has 3 amide bonds. The number of aryl methyl sites for hydroxylation is 1. The van der Waals surface area contributed by atoms with E-state index < -0.39 is 0 Å². The third kappa shape index (κ3) is 6.82. The molecule has 3 fully saturated rings. The Morgan fingerprint density at radius 3 is 2.45 bits per heavy atom. The van der Waals surface area contributed by atoms with Crippen molar-refractivity contribution in [3.05, 3.63) is 80.7 Å². The Labute approximate surface area is 265 Å². The number of piperazine rings is 1. The maximum atomic E-state index is 12.3. The summed E-state index contributed by atoms with van der Waals surface area (Å²) in [4.78, 5) is 45.0. The van der Waals surface area contributed by atoms with Gasteiger partial charge in [0.1, 0.15) is 4.47 Å². The van der Waals surface area contributed by atoms with Crippen LogP contribution in [0.15, 0.2) is 64.0 Å². The summed E-state index contributed by atoms with van der Waals surface area (Å²) in [6.07, 6.45) is 3.01. The number of likely N-dealkylation sites (tertiary alicyclic amines) is 1. The second kappa shape index (κ2) is 13.1. The number of hydrogen-bond acceptors (Lipinski definition) is 8. The SMILES string of the molecule is CN1C[C@H](Nc2cnn(C)c(=O)c2Br)C[C@H](c2ccc(CN3CCN(c4cccc(N5CCC(=O)NC5=O)c4)CC3)cc2)C1. The summed E-state index contributed by atoms with van der Waals surface area (Å²) in [5.74, 6) is 0.176. The number of anilines is 3. The maximum absolute atomic E-state index is 12.3. The Bertz CT molecular complexity index is 1570. The molecule has 3 aliphatic heterocycles. The minimum absolute atomic E-state index is 0.148. The number of carbonyl (C=O) groups is 2. The lowest BCUT2D eigenvalue weighted by molar-refractivity contribution is -0.120. The van der Waals surface area contributed by atoms with Gasteiger partial charge in [0.15, 0.2) is 0 Å². The van der Waals surface area contributed by atoms with E-state index in [0.717, 1.165) is 69.3 Å². The molecule has 2 N–H and O–H groups in total. The molecule has 4 heterocycles. The average Bonchev–Trinajstić information content (AvgIpc) is 3.02. The van der Waals surface area contributed by atoms with Gasteiger partial charge in [-0.05, 0) is 64.6 Å². The minimum atomic E-state index is -0.354. The Hall–Kier alpha value is -3.74. The highest BCUT2D eigenvalue weighted by Gasteiger charge is 2.28. The van der Waals surface area contributed by atoms with E-state index in [2.05, 4.69) is 83.7 Å². The van der Waals surface area contributed by atoms with Gasteiger partial charge in [-0.2, -0.15) is 5.10 Å². The highest BCUT2D eigenvalue weighted by atomic mass is 79.9. The highest BCUT2D eigenvalue weighted by Crippen LogP contribution is 2.30. The second-order valence-corrected chi connectivity index (χ2v) is 12.9. The molecule has 0 aliphatic carbocycles. The normalized spacial score (nSPS) is 21.8. The number of imide groups is 1. The van der Waals surface area contributed by atoms with Crippen LogP contribution in [0.3, 0.4) is 0 Å². The van der Waals surface area contributed by atoms with Crippen molar-refractivity contribution in [3.8, 4) is 0 Å². The van der Waals surface area contributed by atoms with Gasteiger partial charge < -0.3 is 15.1 Å². The first-order valence-corrected chi connectivity index (χ1v) is 16.0. The van der Waals surface area contributed by atoms with E-state index in [-0.39, 0.29) is 23.5 Å². The lowest BCUT2D eigenvalue weighted by Crippen LogP contribution is -2.49. The molecule has 6 rings (SSSR count). The van der Waals surface area contributed by atoms with Crippen LogP contribution in [0, 0.1) is 0 Å². The van der Waals surface area contributed by atoms with Crippen LogP contribution in [0.2, 0.25) is 0 Å². The summed E-state index contributed by atoms with van der Waals surface area (Å²) < 4.78 is 1.85. The number of amides is 3. The van der Waals surface area contributed by atoms with Gasteiger partial charge in [0.05, 0.1) is 11.9 Å². The molecule has 1 aromatic heterocycles. The van der Waals surface area contributed by atoms with Crippen molar-refractivity contribution >= 4 is 44.9 Å². The van der Waals surface area contributed by atoms with Crippen molar-refractivity contribution in [2.24, 2.45) is 7.05 Å². The zero-order valence-corrected chi connectivity index (χ0v) is 26.8. The first-order chi connectivity index (χ1) is 21.2. The number of nitrogens with zero attached hydrogens (tertiary/aromatic N) is 6. The van der Waals surface area contributed by atoms with Crippen molar-refractivity contribution in [1.29, 1.82) is 0 Å². The van der Waals surface area contributed by atoms with Crippen molar-refractivity contribution in [3.63, 3.8) is 0 Å². The van der Waals surface area contributed by atoms with Crippen molar-refractivity contribution in [2.75, 3.05) is 68.0 Å². The first kappa shape index (κ1) is 30.3. The number of hydrogen-bond donors (Lipinski definition) is 2. The molecular formula is C32H39BrN8O3. The van der Waals surface area contributed by atoms with E-state index in [1.807, 2.05) is 18.2 Å². The summed E-state index contributed by atoms with van der Waals surface area (Å²) >= 11 is 3.44. The Morgan fingerprint density at radius 1 is 0.955 bits per heavy atom. The number of likely N-dealkylation sites (N-methyl/N-ethyl adjacent to an activating group) is 1. The second-order valence-electron chi connectivity index (χ2n) is 12.1. The number of rotatable bonds is 7. The molecule has 12 heteroatoms. The van der Waals surface area contributed by atoms with E-state index in [1.165, 1.54) is 15.8 Å². The number of carbonyl (C=O) groups excluding carboxylic acids is 2. The van der Waals surface area contributed by atoms with E-state index in [4.69, 9.17) is 0 Å². The first-order valence-electron chi connectivity index (χ1n) is 15.2. The molecule has 3 saturated heterocycles. The number of aromatic nitrogens is 2. The van der Waals surface area contributed by atoms with Crippen molar-refractivity contribution < 1.29 is 9.59 Å². The standard InChI is InChI=1S/C32H39BrN8O3/c1-37-20-24(16-25(21-37)35-28-18-34-38(2)31(43)30(28)33)23-8-6-22(7-9-23)19-39-12-14-40(15-13-39)26-4-3-5-27(17-26)41-11-10-29(42)36-32(41)44/h3-9,17-18,24-25,35H,10-16,19-21H2,1-2H3,(H,36,42,44)/t24-,25+/m0/s1. The van der Waals surface area contributed by atoms with E-state index in [1.54, 1.807) is 18.1 Å². The van der Waals surface area contributed by atoms with Gasteiger partial charge in [0.2, 0.25) is 5.91 Å². The van der Waals surface area contributed by atoms with E-state index >= 15 is 0 Å². The van der Waals surface area contributed by atoms with Crippen LogP contribution in [-0.4, -0.2) is 90.4 Å². The van der Waals surface area contributed by atoms with Gasteiger partial charge in [-0.15, -0.1) is 0 Å². The fraction of sp³-hybridized carbons (Fsp3) is 0.438. The Kier molecular flexibility index (Phi) is 9.01. The summed E-state index contributed by atoms with van der Waals surface area (Å²) in [6, 6.07) is 17.0. The van der Waals surface area contributed by atoms with Gasteiger partial charge in [-0.25, -0.2) is 9.48 Å². The van der Waals surface area contributed by atoms with Gasteiger partial charge in [-0.1, -0.05) is 30.3 Å². The highest BCUT2D eigenvalue weighted by molar-refractivity contribution is 9.10. The molecule has 2 atom stereocenters. The summed E-state index contributed by atoms with van der Waals surface area (Å²) in [6.45, 7) is 6.95. The van der Waals surface area contributed by atoms with E-state index in [0.29, 0.717) is 23.4 Å². The molecule has 3 aromatic rings. The van der Waals surface area contributed by atoms with Crippen LogP contribution in [0.25, 0.3) is 0 Å². The Balaban J connectivity index is 1.02. The van der Waals surface area contributed by atoms with Crippen LogP contribution in [-0.2, 0) is 18.4 Å². The number of nitrogens with one attached hydrogen (secondary N) is 2. The predicted molar refractivity (Wildman–Crippen MR) is 175 cm³/mol. The molecule has 2 aromatic carbocycles. The fourth-order valence-corrected chi connectivity index (χ4v) is 6.96. The van der Waals surface area contributed by atoms with Crippen LogP contribution in [0.1, 0.15) is 29.9 Å². The predicted octanol–water partition coefficient (Wildman–Crippen LogP) is 3.21. The number of benzene rings is 2. The molecular weight excluding hydrogens is 624 g/mol. The topological polar surface area (TPSA) is 106 Å². The summed E-state index contributed by atoms with van der Waals surface area (Å²) in [7, 11) is 3.80. The zero-order valence-electron chi connectivity index (χ0n) is 25.2. The van der Waals surface area contributed by atoms with Gasteiger partial charge in [0, 0.05) is 83.2 Å². The third-order valence-corrected chi connectivity index (χ3v) is 9.63. The van der Waals surface area contributed by atoms with E-state index in [9.17, 15) is 14.4 Å². The molecule has 0 unspecified atom stereocenters. The zero-order chi connectivity index (χ0) is 30.8. The monoisotopic (exact) mass is 662 g/mol. The number of urea groups is 1. The van der Waals surface area contributed by atoms with Crippen LogP contribution in [0.5, 0.6) is 0 Å². The van der Waals surface area contributed by atoms with Crippen LogP contribution < -0.4 is 26.0 Å². The maximum Gasteiger partial charge on any atom is 0.328 e. The Morgan fingerprint density at radius 2 is 1.70 bits per heavy atom. The molecule has 0 radical (unpaired) electrons. The average molecular weight is 664 g/mol. The van der Waals surface area contributed by atoms with Crippen molar-refractivity contribution in [2.45, 2.75) is 31.3 Å². The largest absolute Gasteiger partial charge is 0.379 e. The quantitative estimate of drug-likeness (QED) is 0.398. The van der Waals surface area contributed by atoms with Gasteiger partial charge in [0.25, 0.3) is 5.56 Å². The molecule has 232 valence electrons. The fourth-order valence-electron chi connectivity index (χ4n) is 6.48. The minimum Gasteiger partial charge on any atom is -0.379 e. The summed E-state index contributed by atoms with van der Waals surface area (Å²) in [5.41, 5.74) is 5.15. The molecule has 11 nitrogen and oxygen atoms in total. The lowest BCUT2D eigenvalue weighted by atomic mass is 9.87. The van der Waals surface area contributed by atoms with Crippen molar-refractivity contribution in [1.82, 2.24) is 24.9 Å². The number of halogens is 1. The molecule has 3 aliphatic rings. The molecule has 0 saturated carbocycles. The van der Waals surface area contributed by atoms with Crippen LogP contribution in [0.4, 0.5) is 21.9 Å². The van der Waals surface area contributed by atoms with Gasteiger partial charge in [-0.3, -0.25) is 24.7 Å². The molecule has 44 heavy (non-hydrogen) atoms. The smallest absolute Gasteiger partial charge is 0.328 e.